The van der Waals surface area contributed by atoms with Crippen molar-refractivity contribution in [3.63, 3.8) is 0 Å². The van der Waals surface area contributed by atoms with Crippen molar-refractivity contribution in [2.24, 2.45) is 11.8 Å². The summed E-state index contributed by atoms with van der Waals surface area (Å²) in [7, 11) is 2.57. The van der Waals surface area contributed by atoms with Crippen molar-refractivity contribution in [3.8, 4) is 22.5 Å². The molecule has 2 fully saturated rings. The van der Waals surface area contributed by atoms with Crippen LogP contribution in [-0.2, 0) is 19.1 Å². The number of carbonyl (C=O) groups is 4. The maximum Gasteiger partial charge on any atom is 0.407 e. The summed E-state index contributed by atoms with van der Waals surface area (Å²) < 4.78 is 9.54. The Balaban J connectivity index is 1.25. The molecule has 0 spiro atoms. The van der Waals surface area contributed by atoms with E-state index < -0.39 is 24.3 Å². The molecule has 4 heterocycles. The predicted octanol–water partition coefficient (Wildman–Crippen LogP) is 5.71. The molecule has 276 valence electrons. The fourth-order valence-electron chi connectivity index (χ4n) is 7.45. The zero-order valence-electron chi connectivity index (χ0n) is 30.6. The highest BCUT2D eigenvalue weighted by Gasteiger charge is 2.39. The van der Waals surface area contributed by atoms with Gasteiger partial charge in [-0.2, -0.15) is 0 Å². The van der Waals surface area contributed by atoms with Gasteiger partial charge in [0.1, 0.15) is 23.7 Å². The fourth-order valence-corrected chi connectivity index (χ4v) is 7.45. The summed E-state index contributed by atoms with van der Waals surface area (Å²) in [4.78, 5) is 71.4. The quantitative estimate of drug-likeness (QED) is 0.162. The number of carbonyl (C=O) groups excluding carboxylic acids is 4. The van der Waals surface area contributed by atoms with Gasteiger partial charge in [-0.25, -0.2) is 19.6 Å². The largest absolute Gasteiger partial charge is 0.453 e. The normalized spacial score (nSPS) is 18.5. The second-order valence-electron chi connectivity index (χ2n) is 14.2. The van der Waals surface area contributed by atoms with Gasteiger partial charge in [-0.15, -0.1) is 0 Å². The molecule has 14 nitrogen and oxygen atoms in total. The van der Waals surface area contributed by atoms with Crippen molar-refractivity contribution >= 4 is 34.8 Å². The average molecular weight is 713 g/mol. The summed E-state index contributed by atoms with van der Waals surface area (Å²) in [6.07, 6.45) is 5.52. The van der Waals surface area contributed by atoms with E-state index in [1.54, 1.807) is 9.80 Å². The van der Waals surface area contributed by atoms with E-state index in [2.05, 4.69) is 32.7 Å². The molecule has 52 heavy (non-hydrogen) atoms. The van der Waals surface area contributed by atoms with Gasteiger partial charge in [-0.3, -0.25) is 9.59 Å². The molecule has 2 aliphatic heterocycles. The van der Waals surface area contributed by atoms with Crippen LogP contribution in [0.5, 0.6) is 0 Å². The molecule has 0 bridgehead atoms. The van der Waals surface area contributed by atoms with E-state index in [9.17, 15) is 19.2 Å². The van der Waals surface area contributed by atoms with Crippen molar-refractivity contribution in [2.45, 2.75) is 77.5 Å². The minimum Gasteiger partial charge on any atom is -0.453 e. The summed E-state index contributed by atoms with van der Waals surface area (Å²) in [6, 6.07) is 10.3. The first-order valence-corrected chi connectivity index (χ1v) is 17.9. The van der Waals surface area contributed by atoms with E-state index in [0.29, 0.717) is 24.7 Å². The minimum atomic E-state index is -0.709. The number of methoxy groups -OCH3 is 2. The van der Waals surface area contributed by atoms with Gasteiger partial charge in [-0.1, -0.05) is 64.1 Å². The second-order valence-corrected chi connectivity index (χ2v) is 14.2. The van der Waals surface area contributed by atoms with Gasteiger partial charge >= 0.3 is 12.2 Å². The standard InChI is InChI=1S/C38H48N8O6/c1-21(2)31(43-37(49)51-5)35(47)45-17-9-15-29(45)33-39-19-27(41-33)25-13-7-12-24-23(25)11-8-14-26(24)28-20-40-34(42-28)30-16-10-18-46(30)36(48)32(22(3)4)44-38(50)52-6/h7-8,11-14,19-22,29-32H,9-10,15-18H2,1-6H3,(H,39,41)(H,40,42)(H,43,49)(H,44,50)/t29-,30-,31-,32-/m0/s1. The van der Waals surface area contributed by atoms with Crippen LogP contribution in [0.4, 0.5) is 9.59 Å². The maximum atomic E-state index is 13.7. The predicted molar refractivity (Wildman–Crippen MR) is 195 cm³/mol. The number of amides is 4. The van der Waals surface area contributed by atoms with Crippen LogP contribution < -0.4 is 10.6 Å². The molecule has 2 aromatic heterocycles. The number of nitrogens with zero attached hydrogens (tertiary/aromatic N) is 4. The number of aromatic nitrogens is 4. The van der Waals surface area contributed by atoms with Gasteiger partial charge in [0.05, 0.1) is 50.1 Å². The highest BCUT2D eigenvalue weighted by Crippen LogP contribution is 2.38. The van der Waals surface area contributed by atoms with Crippen LogP contribution in [0.3, 0.4) is 0 Å². The third-order valence-electron chi connectivity index (χ3n) is 10.2. The third kappa shape index (κ3) is 7.19. The molecule has 4 amide bonds. The van der Waals surface area contributed by atoms with Crippen LogP contribution in [0.15, 0.2) is 48.8 Å². The van der Waals surface area contributed by atoms with Crippen LogP contribution in [0.1, 0.15) is 77.1 Å². The molecule has 2 aromatic carbocycles. The molecule has 4 aromatic rings. The number of likely N-dealkylation sites (tertiary alicyclic amines) is 2. The highest BCUT2D eigenvalue weighted by molar-refractivity contribution is 6.03. The van der Waals surface area contributed by atoms with E-state index in [1.807, 2.05) is 64.4 Å². The first kappa shape index (κ1) is 36.4. The van der Waals surface area contributed by atoms with Crippen LogP contribution in [-0.4, -0.2) is 93.1 Å². The lowest BCUT2D eigenvalue weighted by Crippen LogP contribution is -2.51. The van der Waals surface area contributed by atoms with E-state index in [4.69, 9.17) is 19.4 Å². The van der Waals surface area contributed by atoms with Crippen LogP contribution in [0.25, 0.3) is 33.3 Å². The van der Waals surface area contributed by atoms with Crippen molar-refractivity contribution in [3.05, 3.63) is 60.4 Å². The highest BCUT2D eigenvalue weighted by atomic mass is 16.5. The van der Waals surface area contributed by atoms with Gasteiger partial charge in [0.15, 0.2) is 0 Å². The first-order valence-electron chi connectivity index (χ1n) is 17.9. The zero-order valence-corrected chi connectivity index (χ0v) is 30.6. The number of benzene rings is 2. The molecule has 14 heteroatoms. The van der Waals surface area contributed by atoms with Crippen molar-refractivity contribution < 1.29 is 28.7 Å². The molecule has 0 aliphatic carbocycles. The maximum absolute atomic E-state index is 13.7. The lowest BCUT2D eigenvalue weighted by Gasteiger charge is -2.30. The number of rotatable bonds is 10. The number of imidazole rings is 2. The Morgan fingerprint density at radius 1 is 0.692 bits per heavy atom. The number of aromatic amines is 2. The second kappa shape index (κ2) is 15.5. The Kier molecular flexibility index (Phi) is 10.8. The van der Waals surface area contributed by atoms with Crippen LogP contribution in [0.2, 0.25) is 0 Å². The SMILES string of the molecule is COC(=O)N[C@H](C(=O)N1CCC[C@H]1c1ncc(-c2cccc3c(-c4cnc([C@@H]5CCCN5C(=O)[C@@H](NC(=O)OC)C(C)C)[nH]4)cccc23)[nH]1)C(C)C. The van der Waals surface area contributed by atoms with Crippen LogP contribution in [0, 0.1) is 11.8 Å². The van der Waals surface area contributed by atoms with E-state index in [0.717, 1.165) is 59.0 Å². The van der Waals surface area contributed by atoms with Crippen molar-refractivity contribution in [1.29, 1.82) is 0 Å². The van der Waals surface area contributed by atoms with E-state index in [-0.39, 0.29) is 35.7 Å². The number of ether oxygens (including phenoxy) is 2. The monoisotopic (exact) mass is 712 g/mol. The molecule has 2 saturated heterocycles. The molecule has 0 radical (unpaired) electrons. The zero-order chi connectivity index (χ0) is 37.1. The molecule has 6 rings (SSSR count). The van der Waals surface area contributed by atoms with Crippen molar-refractivity contribution in [1.82, 2.24) is 40.4 Å². The third-order valence-corrected chi connectivity index (χ3v) is 10.2. The Morgan fingerprint density at radius 2 is 1.10 bits per heavy atom. The number of hydrogen-bond donors (Lipinski definition) is 4. The van der Waals surface area contributed by atoms with Gasteiger partial charge in [0.2, 0.25) is 11.8 Å². The molecule has 4 N–H and O–H groups in total. The lowest BCUT2D eigenvalue weighted by atomic mass is 9.97. The van der Waals surface area contributed by atoms with Crippen LogP contribution >= 0.6 is 0 Å². The van der Waals surface area contributed by atoms with E-state index in [1.165, 1.54) is 14.2 Å². The lowest BCUT2D eigenvalue weighted by molar-refractivity contribution is -0.136. The summed E-state index contributed by atoms with van der Waals surface area (Å²) in [5.41, 5.74) is 3.59. The molecule has 4 atom stereocenters. The molecule has 0 saturated carbocycles. The number of fused-ring (bicyclic) bond motifs is 1. The summed E-state index contributed by atoms with van der Waals surface area (Å²) in [5, 5.41) is 7.43. The number of hydrogen-bond acceptors (Lipinski definition) is 8. The number of alkyl carbamates (subject to hydrolysis) is 2. The Bertz CT molecular complexity index is 1800. The van der Waals surface area contributed by atoms with Gasteiger partial charge in [0, 0.05) is 24.2 Å². The summed E-state index contributed by atoms with van der Waals surface area (Å²) in [5.74, 6) is 0.843. The van der Waals surface area contributed by atoms with Gasteiger partial charge in [-0.05, 0) is 48.3 Å². The number of nitrogens with one attached hydrogen (secondary N) is 4. The minimum absolute atomic E-state index is 0.122. The smallest absolute Gasteiger partial charge is 0.407 e. The molecule has 0 unspecified atom stereocenters. The first-order chi connectivity index (χ1) is 25.0. The average Bonchev–Trinajstić information content (AvgIpc) is 3.98. The van der Waals surface area contributed by atoms with Gasteiger partial charge in [0.25, 0.3) is 0 Å². The Labute approximate surface area is 303 Å². The molecular weight excluding hydrogens is 664 g/mol. The summed E-state index contributed by atoms with van der Waals surface area (Å²) >= 11 is 0. The molecular formula is C38H48N8O6. The molecule has 2 aliphatic rings. The fraction of sp³-hybridized carbons (Fsp3) is 0.474. The Morgan fingerprint density at radius 3 is 1.46 bits per heavy atom. The Hall–Kier alpha value is -5.40. The van der Waals surface area contributed by atoms with Crippen molar-refractivity contribution in [2.75, 3.05) is 27.3 Å². The summed E-state index contributed by atoms with van der Waals surface area (Å²) in [6.45, 7) is 8.73. The van der Waals surface area contributed by atoms with E-state index >= 15 is 0 Å². The topological polar surface area (TPSA) is 175 Å². The van der Waals surface area contributed by atoms with Gasteiger partial charge < -0.3 is 39.9 Å². The number of H-pyrrole nitrogens is 2.